The second kappa shape index (κ2) is 9.17. The van der Waals surface area contributed by atoms with Gasteiger partial charge in [-0.2, -0.15) is 0 Å². The zero-order valence-corrected chi connectivity index (χ0v) is 19.1. The Bertz CT molecular complexity index is 1110. The number of carbonyl (C=O) groups excluding carboxylic acids is 1. The van der Waals surface area contributed by atoms with Gasteiger partial charge in [0.15, 0.2) is 0 Å². The summed E-state index contributed by atoms with van der Waals surface area (Å²) in [7, 11) is 0. The van der Waals surface area contributed by atoms with E-state index in [2.05, 4.69) is 21.6 Å². The molecule has 3 aliphatic heterocycles. The normalized spacial score (nSPS) is 21.7. The summed E-state index contributed by atoms with van der Waals surface area (Å²) in [6.07, 6.45) is 3.60. The Hall–Kier alpha value is -2.88. The first-order valence-corrected chi connectivity index (χ1v) is 11.9. The second-order valence-electron chi connectivity index (χ2n) is 9.29. The predicted molar refractivity (Wildman–Crippen MR) is 128 cm³/mol. The molecule has 0 aliphatic carbocycles. The highest BCUT2D eigenvalue weighted by Crippen LogP contribution is 2.32. The van der Waals surface area contributed by atoms with E-state index in [-0.39, 0.29) is 11.7 Å². The van der Waals surface area contributed by atoms with Crippen molar-refractivity contribution in [3.63, 3.8) is 0 Å². The fraction of sp³-hybridized carbons (Fsp3) is 0.444. The summed E-state index contributed by atoms with van der Waals surface area (Å²) in [6, 6.07) is 11.2. The van der Waals surface area contributed by atoms with Crippen LogP contribution in [-0.2, 0) is 6.42 Å². The van der Waals surface area contributed by atoms with Gasteiger partial charge in [0.25, 0.3) is 5.91 Å². The van der Waals surface area contributed by atoms with Gasteiger partial charge in [0.1, 0.15) is 11.9 Å². The van der Waals surface area contributed by atoms with Crippen molar-refractivity contribution in [3.8, 4) is 11.8 Å². The van der Waals surface area contributed by atoms with Crippen LogP contribution in [0, 0.1) is 17.7 Å². The summed E-state index contributed by atoms with van der Waals surface area (Å²) >= 11 is 0. The van der Waals surface area contributed by atoms with Gasteiger partial charge in [-0.1, -0.05) is 11.8 Å². The molecule has 2 saturated heterocycles. The minimum Gasteiger partial charge on any atom is -0.381 e. The van der Waals surface area contributed by atoms with Crippen molar-refractivity contribution >= 4 is 17.3 Å². The Morgan fingerprint density at radius 3 is 2.67 bits per heavy atom. The summed E-state index contributed by atoms with van der Waals surface area (Å²) in [6.45, 7) is 6.17. The highest BCUT2D eigenvalue weighted by atomic mass is 19.1. The third-order valence-electron chi connectivity index (χ3n) is 7.01. The van der Waals surface area contributed by atoms with Crippen LogP contribution in [0.4, 0.5) is 15.8 Å². The van der Waals surface area contributed by atoms with Crippen molar-refractivity contribution in [1.29, 1.82) is 0 Å². The molecule has 5 nitrogen and oxygen atoms in total. The maximum absolute atomic E-state index is 15.2. The molecule has 2 atom stereocenters. The van der Waals surface area contributed by atoms with Gasteiger partial charge in [0.05, 0.1) is 5.69 Å². The molecule has 3 aliphatic rings. The van der Waals surface area contributed by atoms with Crippen molar-refractivity contribution in [2.24, 2.45) is 0 Å². The Labute approximate surface area is 194 Å². The number of carbonyl (C=O) groups is 1. The van der Waals surface area contributed by atoms with Gasteiger partial charge < -0.3 is 14.9 Å². The lowest BCUT2D eigenvalue weighted by atomic mass is 9.96. The maximum atomic E-state index is 15.2. The lowest BCUT2D eigenvalue weighted by Gasteiger charge is -2.30. The number of nitrogens with zero attached hydrogens (tertiary/aromatic N) is 3. The Balaban J connectivity index is 1.31. The Morgan fingerprint density at radius 1 is 1.09 bits per heavy atom. The van der Waals surface area contributed by atoms with Gasteiger partial charge in [-0.05, 0) is 87.7 Å². The standard InChI is InChI=1S/C27H30FN3O2/c1-19(32)4-5-20-6-8-24-21(16-20)10-15-31(27(24)33)22-7-9-26(25(28)17-22)30-14-11-23(18-30)29-12-2-3-13-29/h6-9,16-17,19,23,32H,2-3,10-15,18H2,1H3/t19-,23-/m1/s1. The van der Waals surface area contributed by atoms with Gasteiger partial charge in [-0.25, -0.2) is 4.39 Å². The molecule has 0 saturated carbocycles. The van der Waals surface area contributed by atoms with E-state index < -0.39 is 6.10 Å². The molecule has 2 aromatic rings. The molecular weight excluding hydrogens is 417 g/mol. The number of amides is 1. The number of halogens is 1. The van der Waals surface area contributed by atoms with Crippen LogP contribution < -0.4 is 9.80 Å². The van der Waals surface area contributed by atoms with E-state index >= 15 is 4.39 Å². The van der Waals surface area contributed by atoms with Crippen LogP contribution in [0.15, 0.2) is 36.4 Å². The largest absolute Gasteiger partial charge is 0.381 e. The van der Waals surface area contributed by atoms with Gasteiger partial charge in [0.2, 0.25) is 0 Å². The van der Waals surface area contributed by atoms with E-state index in [9.17, 15) is 9.90 Å². The van der Waals surface area contributed by atoms with Crippen LogP contribution in [0.1, 0.15) is 47.7 Å². The topological polar surface area (TPSA) is 47.0 Å². The third-order valence-corrected chi connectivity index (χ3v) is 7.01. The Kier molecular flexibility index (Phi) is 6.09. The fourth-order valence-corrected chi connectivity index (χ4v) is 5.29. The molecule has 2 fully saturated rings. The smallest absolute Gasteiger partial charge is 0.258 e. The second-order valence-corrected chi connectivity index (χ2v) is 9.29. The molecule has 0 aromatic heterocycles. The first-order valence-electron chi connectivity index (χ1n) is 11.9. The van der Waals surface area contributed by atoms with E-state index in [4.69, 9.17) is 0 Å². The van der Waals surface area contributed by atoms with Crippen LogP contribution in [0.5, 0.6) is 0 Å². The summed E-state index contributed by atoms with van der Waals surface area (Å²) < 4.78 is 15.2. The molecule has 33 heavy (non-hydrogen) atoms. The molecule has 3 heterocycles. The predicted octanol–water partition coefficient (Wildman–Crippen LogP) is 3.44. The lowest BCUT2D eigenvalue weighted by molar-refractivity contribution is 0.0980. The number of fused-ring (bicyclic) bond motifs is 1. The van der Waals surface area contributed by atoms with Gasteiger partial charge in [-0.3, -0.25) is 9.69 Å². The number of aliphatic hydroxyl groups excluding tert-OH is 1. The third kappa shape index (κ3) is 4.48. The van der Waals surface area contributed by atoms with E-state index in [0.29, 0.717) is 35.9 Å². The summed E-state index contributed by atoms with van der Waals surface area (Å²) in [5.74, 6) is 5.28. The van der Waals surface area contributed by atoms with Gasteiger partial charge >= 0.3 is 0 Å². The number of rotatable bonds is 3. The fourth-order valence-electron chi connectivity index (χ4n) is 5.29. The molecule has 5 rings (SSSR count). The molecule has 2 aromatic carbocycles. The van der Waals surface area contributed by atoms with E-state index in [1.54, 1.807) is 24.0 Å². The van der Waals surface area contributed by atoms with Crippen LogP contribution in [0.3, 0.4) is 0 Å². The van der Waals surface area contributed by atoms with Crippen LogP contribution in [0.25, 0.3) is 0 Å². The number of hydrogen-bond acceptors (Lipinski definition) is 4. The summed E-state index contributed by atoms with van der Waals surface area (Å²) in [4.78, 5) is 19.5. The number of hydrogen-bond donors (Lipinski definition) is 1. The molecule has 6 heteroatoms. The maximum Gasteiger partial charge on any atom is 0.258 e. The zero-order valence-electron chi connectivity index (χ0n) is 19.1. The molecule has 0 unspecified atom stereocenters. The molecule has 172 valence electrons. The van der Waals surface area contributed by atoms with Crippen molar-refractivity contribution in [1.82, 2.24) is 4.90 Å². The van der Waals surface area contributed by atoms with E-state index in [1.807, 2.05) is 18.2 Å². The minimum absolute atomic E-state index is 0.117. The molecule has 0 spiro atoms. The van der Waals surface area contributed by atoms with Crippen LogP contribution >= 0.6 is 0 Å². The molecular formula is C27H30FN3O2. The van der Waals surface area contributed by atoms with Gasteiger partial charge in [0, 0.05) is 42.5 Å². The molecule has 1 amide bonds. The van der Waals surface area contributed by atoms with Crippen LogP contribution in [0.2, 0.25) is 0 Å². The average Bonchev–Trinajstić information content (AvgIpc) is 3.50. The highest BCUT2D eigenvalue weighted by Gasteiger charge is 2.31. The minimum atomic E-state index is -0.692. The number of likely N-dealkylation sites (tertiary alicyclic amines) is 1. The lowest BCUT2D eigenvalue weighted by Crippen LogP contribution is -2.38. The van der Waals surface area contributed by atoms with Crippen LogP contribution in [-0.4, -0.2) is 60.8 Å². The number of benzene rings is 2. The molecule has 1 N–H and O–H groups in total. The summed E-state index contributed by atoms with van der Waals surface area (Å²) in [5.41, 5.74) is 3.58. The SMILES string of the molecule is C[C@@H](O)C#Cc1ccc2c(c1)CCN(c1ccc(N3CC[C@@H](N4CCCC4)C3)c(F)c1)C2=O. The first-order chi connectivity index (χ1) is 16.0. The monoisotopic (exact) mass is 447 g/mol. The summed E-state index contributed by atoms with van der Waals surface area (Å²) in [5, 5.41) is 9.36. The number of aliphatic hydroxyl groups is 1. The van der Waals surface area contributed by atoms with Crippen molar-refractivity contribution < 1.29 is 14.3 Å². The zero-order chi connectivity index (χ0) is 22.9. The Morgan fingerprint density at radius 2 is 1.91 bits per heavy atom. The first kappa shape index (κ1) is 21.9. The highest BCUT2D eigenvalue weighted by molar-refractivity contribution is 6.08. The van der Waals surface area contributed by atoms with Gasteiger partial charge in [-0.15, -0.1) is 0 Å². The molecule has 0 bridgehead atoms. The van der Waals surface area contributed by atoms with Crippen molar-refractivity contribution in [2.45, 2.75) is 44.8 Å². The quantitative estimate of drug-likeness (QED) is 0.733. The molecule has 0 radical (unpaired) electrons. The number of anilines is 2. The van der Waals surface area contributed by atoms with E-state index in [0.717, 1.165) is 43.7 Å². The van der Waals surface area contributed by atoms with Crippen molar-refractivity contribution in [3.05, 3.63) is 58.9 Å². The average molecular weight is 448 g/mol. The van der Waals surface area contributed by atoms with Crippen molar-refractivity contribution in [2.75, 3.05) is 42.5 Å². The van der Waals surface area contributed by atoms with E-state index in [1.165, 1.54) is 18.9 Å².